The summed E-state index contributed by atoms with van der Waals surface area (Å²) < 4.78 is 0. The number of likely N-dealkylation sites (tertiary alicyclic amines) is 1. The third kappa shape index (κ3) is 2.48. The average Bonchev–Trinajstić information content (AvgIpc) is 3.26. The number of hydrogen-bond donors (Lipinski definition) is 0. The summed E-state index contributed by atoms with van der Waals surface area (Å²) in [5, 5.41) is 0. The molecule has 2 heterocycles. The summed E-state index contributed by atoms with van der Waals surface area (Å²) in [5.41, 5.74) is 2.60. The zero-order valence-corrected chi connectivity index (χ0v) is 13.5. The lowest BCUT2D eigenvalue weighted by molar-refractivity contribution is -0.135. The van der Waals surface area contributed by atoms with Gasteiger partial charge in [-0.15, -0.1) is 0 Å². The van der Waals surface area contributed by atoms with Gasteiger partial charge in [0.05, 0.1) is 0 Å². The number of hydrogen-bond acceptors (Lipinski definition) is 2. The van der Waals surface area contributed by atoms with Crippen molar-refractivity contribution in [3.05, 3.63) is 71.3 Å². The van der Waals surface area contributed by atoms with Gasteiger partial charge in [0.15, 0.2) is 0 Å². The fourth-order valence-corrected chi connectivity index (χ4v) is 3.69. The van der Waals surface area contributed by atoms with Crippen molar-refractivity contribution in [3.8, 4) is 0 Å². The zero-order chi connectivity index (χ0) is 16.5. The molecule has 2 amide bonds. The Balaban J connectivity index is 1.71. The van der Waals surface area contributed by atoms with Gasteiger partial charge in [-0.05, 0) is 30.0 Å². The first-order valence-corrected chi connectivity index (χ1v) is 8.48. The molecular formula is C20H20N2O2. The zero-order valence-electron chi connectivity index (χ0n) is 13.5. The van der Waals surface area contributed by atoms with Crippen molar-refractivity contribution in [1.82, 2.24) is 9.80 Å². The molecule has 0 saturated carbocycles. The molecule has 0 aromatic heterocycles. The molecule has 4 nitrogen and oxygen atoms in total. The van der Waals surface area contributed by atoms with Gasteiger partial charge in [-0.1, -0.05) is 48.5 Å². The molecule has 1 fully saturated rings. The van der Waals surface area contributed by atoms with Crippen LogP contribution in [0, 0.1) is 0 Å². The molecule has 2 aliphatic heterocycles. The van der Waals surface area contributed by atoms with Crippen molar-refractivity contribution >= 4 is 11.8 Å². The molecule has 0 spiro atoms. The van der Waals surface area contributed by atoms with Gasteiger partial charge in [0.2, 0.25) is 5.91 Å². The first-order valence-electron chi connectivity index (χ1n) is 8.48. The predicted molar refractivity (Wildman–Crippen MR) is 91.3 cm³/mol. The Morgan fingerprint density at radius 1 is 0.917 bits per heavy atom. The van der Waals surface area contributed by atoms with Crippen molar-refractivity contribution < 1.29 is 9.59 Å². The summed E-state index contributed by atoms with van der Waals surface area (Å²) in [5.74, 6) is -0.00754. The van der Waals surface area contributed by atoms with Crippen LogP contribution in [-0.2, 0) is 11.3 Å². The SMILES string of the molecule is O=C([C@@H](c1ccccc1)N1Cc2ccccc2C1=O)N1CCCC1. The second-order valence-electron chi connectivity index (χ2n) is 6.44. The Kier molecular flexibility index (Phi) is 3.81. The number of carbonyl (C=O) groups excluding carboxylic acids is 2. The van der Waals surface area contributed by atoms with E-state index in [1.807, 2.05) is 59.5 Å². The molecule has 0 unspecified atom stereocenters. The molecule has 2 aliphatic rings. The highest BCUT2D eigenvalue weighted by molar-refractivity contribution is 6.01. The fourth-order valence-electron chi connectivity index (χ4n) is 3.69. The summed E-state index contributed by atoms with van der Waals surface area (Å²) in [4.78, 5) is 29.7. The van der Waals surface area contributed by atoms with E-state index in [0.29, 0.717) is 12.1 Å². The minimum absolute atomic E-state index is 0.0415. The minimum atomic E-state index is -0.538. The first-order chi connectivity index (χ1) is 11.8. The van der Waals surface area contributed by atoms with Crippen LogP contribution in [0.15, 0.2) is 54.6 Å². The Hall–Kier alpha value is -2.62. The summed E-state index contributed by atoms with van der Waals surface area (Å²) in [6, 6.07) is 16.8. The Bertz CT molecular complexity index is 766. The summed E-state index contributed by atoms with van der Waals surface area (Å²) in [6.07, 6.45) is 2.09. The van der Waals surface area contributed by atoms with Crippen LogP contribution >= 0.6 is 0 Å². The Labute approximate surface area is 141 Å². The van der Waals surface area contributed by atoms with Crippen LogP contribution in [0.1, 0.15) is 40.4 Å². The van der Waals surface area contributed by atoms with Crippen LogP contribution in [0.3, 0.4) is 0 Å². The highest BCUT2D eigenvalue weighted by Gasteiger charge is 2.39. The lowest BCUT2D eigenvalue weighted by Crippen LogP contribution is -2.42. The largest absolute Gasteiger partial charge is 0.341 e. The van der Waals surface area contributed by atoms with Gasteiger partial charge in [0.25, 0.3) is 5.91 Å². The average molecular weight is 320 g/mol. The topological polar surface area (TPSA) is 40.6 Å². The van der Waals surface area contributed by atoms with E-state index in [-0.39, 0.29) is 11.8 Å². The standard InChI is InChI=1S/C20H20N2O2/c23-19-17-11-5-4-10-16(17)14-22(19)18(15-8-2-1-3-9-15)20(24)21-12-6-7-13-21/h1-5,8-11,18H,6-7,12-14H2/t18-/m1/s1. The van der Waals surface area contributed by atoms with Crippen LogP contribution in [0.4, 0.5) is 0 Å². The van der Waals surface area contributed by atoms with Gasteiger partial charge in [0.1, 0.15) is 6.04 Å². The Morgan fingerprint density at radius 2 is 1.58 bits per heavy atom. The second-order valence-corrected chi connectivity index (χ2v) is 6.44. The highest BCUT2D eigenvalue weighted by Crippen LogP contribution is 2.33. The van der Waals surface area contributed by atoms with Crippen LogP contribution in [-0.4, -0.2) is 34.7 Å². The predicted octanol–water partition coefficient (Wildman–Crippen LogP) is 3.01. The molecule has 1 saturated heterocycles. The molecular weight excluding hydrogens is 300 g/mol. The van der Waals surface area contributed by atoms with Crippen LogP contribution in [0.2, 0.25) is 0 Å². The molecule has 2 aromatic carbocycles. The quantitative estimate of drug-likeness (QED) is 0.872. The number of carbonyl (C=O) groups is 2. The van der Waals surface area contributed by atoms with Gasteiger partial charge in [-0.25, -0.2) is 0 Å². The summed E-state index contributed by atoms with van der Waals surface area (Å²) in [7, 11) is 0. The smallest absolute Gasteiger partial charge is 0.255 e. The molecule has 1 atom stereocenters. The maximum Gasteiger partial charge on any atom is 0.255 e. The molecule has 0 radical (unpaired) electrons. The molecule has 4 heteroatoms. The summed E-state index contributed by atoms with van der Waals surface area (Å²) in [6.45, 7) is 2.07. The number of benzene rings is 2. The third-order valence-corrected chi connectivity index (χ3v) is 4.93. The fraction of sp³-hybridized carbons (Fsp3) is 0.300. The van der Waals surface area contributed by atoms with Gasteiger partial charge in [-0.3, -0.25) is 9.59 Å². The molecule has 4 rings (SSSR count). The van der Waals surface area contributed by atoms with E-state index in [1.54, 1.807) is 4.90 Å². The molecule has 0 N–H and O–H groups in total. The van der Waals surface area contributed by atoms with Gasteiger partial charge in [-0.2, -0.15) is 0 Å². The first kappa shape index (κ1) is 14.9. The van der Waals surface area contributed by atoms with E-state index in [4.69, 9.17) is 0 Å². The van der Waals surface area contributed by atoms with Crippen molar-refractivity contribution in [2.45, 2.75) is 25.4 Å². The maximum absolute atomic E-state index is 13.2. The number of amides is 2. The van der Waals surface area contributed by atoms with Crippen molar-refractivity contribution in [2.75, 3.05) is 13.1 Å². The number of nitrogens with zero attached hydrogens (tertiary/aromatic N) is 2. The van der Waals surface area contributed by atoms with E-state index < -0.39 is 6.04 Å². The van der Waals surface area contributed by atoms with E-state index >= 15 is 0 Å². The lowest BCUT2D eigenvalue weighted by atomic mass is 10.0. The van der Waals surface area contributed by atoms with Gasteiger partial charge >= 0.3 is 0 Å². The van der Waals surface area contributed by atoms with Crippen molar-refractivity contribution in [1.29, 1.82) is 0 Å². The van der Waals surface area contributed by atoms with E-state index in [9.17, 15) is 9.59 Å². The van der Waals surface area contributed by atoms with Crippen molar-refractivity contribution in [2.24, 2.45) is 0 Å². The van der Waals surface area contributed by atoms with E-state index in [2.05, 4.69) is 0 Å². The van der Waals surface area contributed by atoms with Crippen LogP contribution in [0.5, 0.6) is 0 Å². The van der Waals surface area contributed by atoms with Crippen molar-refractivity contribution in [3.63, 3.8) is 0 Å². The number of rotatable bonds is 3. The molecule has 2 aromatic rings. The van der Waals surface area contributed by atoms with Crippen LogP contribution < -0.4 is 0 Å². The van der Waals surface area contributed by atoms with E-state index in [1.165, 1.54) is 0 Å². The highest BCUT2D eigenvalue weighted by atomic mass is 16.2. The minimum Gasteiger partial charge on any atom is -0.341 e. The van der Waals surface area contributed by atoms with Crippen LogP contribution in [0.25, 0.3) is 0 Å². The normalized spacial score (nSPS) is 17.9. The third-order valence-electron chi connectivity index (χ3n) is 4.93. The molecule has 0 aliphatic carbocycles. The molecule has 0 bridgehead atoms. The second kappa shape index (κ2) is 6.11. The maximum atomic E-state index is 13.2. The molecule has 24 heavy (non-hydrogen) atoms. The number of fused-ring (bicyclic) bond motifs is 1. The van der Waals surface area contributed by atoms with Gasteiger partial charge < -0.3 is 9.80 Å². The van der Waals surface area contributed by atoms with E-state index in [0.717, 1.165) is 37.1 Å². The lowest BCUT2D eigenvalue weighted by Gasteiger charge is -2.30. The summed E-state index contributed by atoms with van der Waals surface area (Å²) >= 11 is 0. The molecule has 122 valence electrons. The monoisotopic (exact) mass is 320 g/mol. The Morgan fingerprint density at radius 3 is 2.29 bits per heavy atom. The van der Waals surface area contributed by atoms with Gasteiger partial charge in [0, 0.05) is 25.2 Å².